The molecule has 0 aromatic heterocycles. The zero-order chi connectivity index (χ0) is 9.12. The molecule has 0 radical (unpaired) electrons. The molecule has 0 spiro atoms. The van der Waals surface area contributed by atoms with Gasteiger partial charge >= 0.3 is 6.98 Å². The molecule has 0 saturated heterocycles. The molecule has 0 amide bonds. The van der Waals surface area contributed by atoms with Crippen LogP contribution in [0.5, 0.6) is 0 Å². The fraction of sp³-hybridized carbons (Fsp3) is 1.00. The molecule has 0 aromatic carbocycles. The van der Waals surface area contributed by atoms with Crippen LogP contribution >= 0.6 is 0 Å². The third-order valence-corrected chi connectivity index (χ3v) is 1.63. The smallest absolute Gasteiger partial charge is 0.449 e. The second-order valence-electron chi connectivity index (χ2n) is 3.21. The quantitative estimate of drug-likeness (QED) is 0.587. The minimum absolute atomic E-state index is 0.0347. The van der Waals surface area contributed by atoms with E-state index in [4.69, 9.17) is 4.74 Å². The zero-order valence-corrected chi connectivity index (χ0v) is 7.03. The molecule has 0 aromatic rings. The second-order valence-corrected chi connectivity index (χ2v) is 3.21. The normalized spacial score (nSPS) is 13.6. The average Bonchev–Trinajstić information content (AvgIpc) is 1.83. The molecule has 0 fully saturated rings. The van der Waals surface area contributed by atoms with Crippen LogP contribution in [0.4, 0.5) is 12.9 Å². The predicted molar refractivity (Wildman–Crippen MR) is 39.6 cm³/mol. The first-order valence-corrected chi connectivity index (χ1v) is 3.53. The van der Waals surface area contributed by atoms with E-state index in [1.54, 1.807) is 13.8 Å². The first kappa shape index (κ1) is 10.8. The van der Waals surface area contributed by atoms with E-state index in [1.165, 1.54) is 7.11 Å². The predicted octanol–water partition coefficient (Wildman–Crippen LogP) is 2.65. The Hall–Kier alpha value is -0.185. The van der Waals surface area contributed by atoms with Gasteiger partial charge in [0.15, 0.2) is 0 Å². The van der Waals surface area contributed by atoms with Gasteiger partial charge in [-0.2, -0.15) is 0 Å². The van der Waals surface area contributed by atoms with Crippen molar-refractivity contribution < 1.29 is 17.7 Å². The molecule has 0 aliphatic heterocycles. The lowest BCUT2D eigenvalue weighted by atomic mass is 9.80. The van der Waals surface area contributed by atoms with Gasteiger partial charge in [-0.25, -0.2) is 0 Å². The van der Waals surface area contributed by atoms with Crippen LogP contribution in [0.15, 0.2) is 0 Å². The van der Waals surface area contributed by atoms with Crippen LogP contribution < -0.4 is 0 Å². The monoisotopic (exact) mass is 169 g/mol. The highest BCUT2D eigenvalue weighted by Gasteiger charge is 2.27. The lowest BCUT2D eigenvalue weighted by Gasteiger charge is -2.25. The van der Waals surface area contributed by atoms with E-state index in [0.29, 0.717) is 0 Å². The van der Waals surface area contributed by atoms with Crippen LogP contribution in [0.25, 0.3) is 0 Å². The molecule has 68 valence electrons. The molecule has 0 saturated carbocycles. The molecule has 0 aliphatic carbocycles. The molecule has 0 N–H and O–H groups in total. The number of methoxy groups -OCH3 is 1. The average molecular weight is 169 g/mol. The van der Waals surface area contributed by atoms with E-state index in [1.807, 2.05) is 0 Å². The van der Waals surface area contributed by atoms with Crippen molar-refractivity contribution in [3.05, 3.63) is 0 Å². The molecule has 5 heteroatoms. The number of hydrogen-bond donors (Lipinski definition) is 0. The summed E-state index contributed by atoms with van der Waals surface area (Å²) in [6, 6.07) is 0. The topological polar surface area (TPSA) is 9.23 Å². The molecule has 0 aliphatic rings. The van der Waals surface area contributed by atoms with Gasteiger partial charge in [0, 0.05) is 7.11 Å². The highest BCUT2D eigenvalue weighted by Crippen LogP contribution is 2.24. The number of hydrogen-bond acceptors (Lipinski definition) is 1. The van der Waals surface area contributed by atoms with Crippen molar-refractivity contribution >= 4 is 6.98 Å². The minimum atomic E-state index is -4.65. The van der Waals surface area contributed by atoms with Gasteiger partial charge in [-0.15, -0.1) is 0 Å². The van der Waals surface area contributed by atoms with E-state index >= 15 is 0 Å². The molecule has 0 bridgehead atoms. The van der Waals surface area contributed by atoms with Crippen LogP contribution in [0.1, 0.15) is 20.3 Å². The number of rotatable bonds is 4. The first-order valence-electron chi connectivity index (χ1n) is 3.53. The van der Waals surface area contributed by atoms with E-state index in [9.17, 15) is 12.9 Å². The van der Waals surface area contributed by atoms with Crippen LogP contribution in [0.2, 0.25) is 6.32 Å². The highest BCUT2D eigenvalue weighted by molar-refractivity contribution is 6.58. The van der Waals surface area contributed by atoms with Crippen LogP contribution in [-0.2, 0) is 4.74 Å². The van der Waals surface area contributed by atoms with Crippen molar-refractivity contribution in [2.24, 2.45) is 0 Å². The van der Waals surface area contributed by atoms with Gasteiger partial charge in [0.2, 0.25) is 0 Å². The lowest BCUT2D eigenvalue weighted by Crippen LogP contribution is -2.26. The van der Waals surface area contributed by atoms with Crippen LogP contribution in [-0.4, -0.2) is 19.7 Å². The maximum atomic E-state index is 11.7. The number of ether oxygens (including phenoxy) is 1. The van der Waals surface area contributed by atoms with Crippen molar-refractivity contribution in [1.82, 2.24) is 0 Å². The van der Waals surface area contributed by atoms with Crippen LogP contribution in [0.3, 0.4) is 0 Å². The summed E-state index contributed by atoms with van der Waals surface area (Å²) in [5.41, 5.74) is -0.655. The summed E-state index contributed by atoms with van der Waals surface area (Å²) in [6.45, 7) is -1.36. The van der Waals surface area contributed by atoms with Gasteiger partial charge < -0.3 is 17.7 Å². The molecule has 0 rings (SSSR count). The van der Waals surface area contributed by atoms with Gasteiger partial charge in [0.1, 0.15) is 0 Å². The number of halogens is 3. The molecule has 0 unspecified atom stereocenters. The van der Waals surface area contributed by atoms with E-state index in [0.717, 1.165) is 0 Å². The summed E-state index contributed by atoms with van der Waals surface area (Å²) in [4.78, 5) is 0. The van der Waals surface area contributed by atoms with Crippen molar-refractivity contribution in [3.63, 3.8) is 0 Å². The van der Waals surface area contributed by atoms with Crippen molar-refractivity contribution in [1.29, 1.82) is 0 Å². The zero-order valence-electron chi connectivity index (χ0n) is 7.03. The van der Waals surface area contributed by atoms with Crippen LogP contribution in [0, 0.1) is 0 Å². The molecular weight excluding hydrogens is 156 g/mol. The Morgan fingerprint density at radius 3 is 2.00 bits per heavy atom. The SMILES string of the molecule is COC(C)(C)CC[B-](F)(F)F. The summed E-state index contributed by atoms with van der Waals surface area (Å²) in [7, 11) is 1.42. The molecule has 1 nitrogen and oxygen atoms in total. The summed E-state index contributed by atoms with van der Waals surface area (Å²) in [5.74, 6) is 0. The Morgan fingerprint density at radius 1 is 1.27 bits per heavy atom. The molecular formula is C6H13BF3O-. The minimum Gasteiger partial charge on any atom is -0.449 e. The maximum Gasteiger partial charge on any atom is 0.478 e. The van der Waals surface area contributed by atoms with Crippen molar-refractivity contribution in [2.45, 2.75) is 32.2 Å². The third-order valence-electron chi connectivity index (χ3n) is 1.63. The van der Waals surface area contributed by atoms with E-state index in [2.05, 4.69) is 0 Å². The lowest BCUT2D eigenvalue weighted by molar-refractivity contribution is 0.0181. The van der Waals surface area contributed by atoms with E-state index < -0.39 is 18.9 Å². The van der Waals surface area contributed by atoms with Crippen molar-refractivity contribution in [3.8, 4) is 0 Å². The Kier molecular flexibility index (Phi) is 3.42. The standard InChI is InChI=1S/C6H13BF3O/c1-6(2,11-3)4-5-7(8,9)10/h4-5H2,1-3H3/q-1. The highest BCUT2D eigenvalue weighted by atomic mass is 19.4. The molecule has 0 atom stereocenters. The summed E-state index contributed by atoms with van der Waals surface area (Å²) < 4.78 is 40.0. The second kappa shape index (κ2) is 3.47. The van der Waals surface area contributed by atoms with Gasteiger partial charge in [0.25, 0.3) is 0 Å². The van der Waals surface area contributed by atoms with Gasteiger partial charge in [-0.05, 0) is 20.3 Å². The van der Waals surface area contributed by atoms with Crippen molar-refractivity contribution in [2.75, 3.05) is 7.11 Å². The Bertz CT molecular complexity index is 121. The largest absolute Gasteiger partial charge is 0.478 e. The van der Waals surface area contributed by atoms with Gasteiger partial charge in [-0.3, -0.25) is 0 Å². The Balaban J connectivity index is 3.70. The summed E-state index contributed by atoms with van der Waals surface area (Å²) in [6.07, 6.45) is -0.687. The Morgan fingerprint density at radius 2 is 1.73 bits per heavy atom. The van der Waals surface area contributed by atoms with E-state index in [-0.39, 0.29) is 6.42 Å². The molecule has 0 heterocycles. The third kappa shape index (κ3) is 6.22. The van der Waals surface area contributed by atoms with Gasteiger partial charge in [-0.1, -0.05) is 6.32 Å². The molecule has 11 heavy (non-hydrogen) atoms. The van der Waals surface area contributed by atoms with Gasteiger partial charge in [0.05, 0.1) is 5.60 Å². The fourth-order valence-corrected chi connectivity index (χ4v) is 0.613. The first-order chi connectivity index (χ1) is 4.77. The summed E-state index contributed by atoms with van der Waals surface area (Å²) >= 11 is 0. The maximum absolute atomic E-state index is 11.7. The Labute approximate surface area is 65.0 Å². The fourth-order valence-electron chi connectivity index (χ4n) is 0.613. The summed E-state index contributed by atoms with van der Waals surface area (Å²) in [5, 5.41) is 0.